The van der Waals surface area contributed by atoms with E-state index >= 15 is 0 Å². The average molecular weight is 346 g/mol. The Morgan fingerprint density at radius 2 is 1.71 bits per heavy atom. The van der Waals surface area contributed by atoms with Crippen LogP contribution >= 0.6 is 12.4 Å². The van der Waals surface area contributed by atoms with Gasteiger partial charge in [-0.15, -0.1) is 12.4 Å². The van der Waals surface area contributed by atoms with E-state index in [-0.39, 0.29) is 18.3 Å². The number of para-hydroxylation sites is 2. The number of benzene rings is 2. The van der Waals surface area contributed by atoms with E-state index in [4.69, 9.17) is 5.73 Å². The normalized spacial score (nSPS) is 16.9. The minimum Gasteiger partial charge on any atom is -0.373 e. The quantitative estimate of drug-likeness (QED) is 0.908. The lowest BCUT2D eigenvalue weighted by Gasteiger charge is -2.24. The summed E-state index contributed by atoms with van der Waals surface area (Å²) in [5.41, 5.74) is 9.45. The number of rotatable bonds is 2. The second-order valence-corrected chi connectivity index (χ2v) is 6.29. The highest BCUT2D eigenvalue weighted by atomic mass is 35.5. The van der Waals surface area contributed by atoms with Crippen molar-refractivity contribution in [2.45, 2.75) is 13.5 Å². The largest absolute Gasteiger partial charge is 0.373 e. The van der Waals surface area contributed by atoms with Crippen LogP contribution in [0.3, 0.4) is 0 Å². The Balaban J connectivity index is 0.00000208. The van der Waals surface area contributed by atoms with Crippen molar-refractivity contribution >= 4 is 29.7 Å². The van der Waals surface area contributed by atoms with Crippen LogP contribution in [-0.2, 0) is 6.54 Å². The van der Waals surface area contributed by atoms with E-state index in [0.29, 0.717) is 18.0 Å². The number of anilines is 2. The topological polar surface area (TPSA) is 49.6 Å². The van der Waals surface area contributed by atoms with E-state index in [1.165, 1.54) is 0 Å². The minimum absolute atomic E-state index is 0. The molecule has 0 aromatic heterocycles. The Bertz CT molecular complexity index is 702. The van der Waals surface area contributed by atoms with Crippen molar-refractivity contribution in [1.29, 1.82) is 0 Å². The molecule has 0 radical (unpaired) electrons. The third kappa shape index (κ3) is 3.55. The van der Waals surface area contributed by atoms with Crippen LogP contribution in [0.15, 0.2) is 48.5 Å². The highest BCUT2D eigenvalue weighted by Crippen LogP contribution is 2.33. The van der Waals surface area contributed by atoms with Gasteiger partial charge in [0.1, 0.15) is 0 Å². The smallest absolute Gasteiger partial charge is 0.258 e. The fourth-order valence-electron chi connectivity index (χ4n) is 3.18. The van der Waals surface area contributed by atoms with E-state index < -0.39 is 0 Å². The van der Waals surface area contributed by atoms with Crippen molar-refractivity contribution in [3.8, 4) is 0 Å². The summed E-state index contributed by atoms with van der Waals surface area (Å²) < 4.78 is 0. The molecule has 3 rings (SSSR count). The van der Waals surface area contributed by atoms with Crippen LogP contribution in [0.4, 0.5) is 11.4 Å². The number of fused-ring (bicyclic) bond motifs is 1. The maximum atomic E-state index is 13.0. The highest BCUT2D eigenvalue weighted by Gasteiger charge is 2.27. The molecule has 128 valence electrons. The van der Waals surface area contributed by atoms with E-state index in [0.717, 1.165) is 30.0 Å². The number of nitrogens with zero attached hydrogens (tertiary/aromatic N) is 2. The fraction of sp³-hybridized carbons (Fsp3) is 0.316. The van der Waals surface area contributed by atoms with E-state index in [1.54, 1.807) is 0 Å². The summed E-state index contributed by atoms with van der Waals surface area (Å²) in [5.74, 6) is 0.447. The van der Waals surface area contributed by atoms with Crippen molar-refractivity contribution in [3.63, 3.8) is 0 Å². The Kier molecular flexibility index (Phi) is 5.86. The molecule has 2 aromatic rings. The Labute approximate surface area is 149 Å². The molecule has 0 aliphatic carbocycles. The number of nitrogens with two attached hydrogens (primary N) is 1. The summed E-state index contributed by atoms with van der Waals surface area (Å²) in [7, 11) is 2.08. The monoisotopic (exact) mass is 345 g/mol. The molecule has 2 aromatic carbocycles. The molecule has 1 unspecified atom stereocenters. The summed E-state index contributed by atoms with van der Waals surface area (Å²) in [6.45, 7) is 4.33. The van der Waals surface area contributed by atoms with Crippen LogP contribution in [0.2, 0.25) is 0 Å². The van der Waals surface area contributed by atoms with Crippen molar-refractivity contribution < 1.29 is 4.79 Å². The van der Waals surface area contributed by atoms with Gasteiger partial charge in [-0.3, -0.25) is 4.79 Å². The van der Waals surface area contributed by atoms with Gasteiger partial charge in [0.15, 0.2) is 0 Å². The summed E-state index contributed by atoms with van der Waals surface area (Å²) in [6, 6.07) is 15.7. The Hall–Kier alpha value is -2.04. The number of hydrogen-bond donors (Lipinski definition) is 1. The maximum absolute atomic E-state index is 13.0. The van der Waals surface area contributed by atoms with Gasteiger partial charge in [0.05, 0.1) is 11.4 Å². The van der Waals surface area contributed by atoms with Gasteiger partial charge in [0.2, 0.25) is 0 Å². The molecule has 24 heavy (non-hydrogen) atoms. The predicted molar refractivity (Wildman–Crippen MR) is 102 cm³/mol. The van der Waals surface area contributed by atoms with Gasteiger partial charge in [0, 0.05) is 32.2 Å². The van der Waals surface area contributed by atoms with Gasteiger partial charge >= 0.3 is 0 Å². The van der Waals surface area contributed by atoms with Gasteiger partial charge in [-0.25, -0.2) is 0 Å². The molecule has 0 saturated carbocycles. The first-order valence-corrected chi connectivity index (χ1v) is 8.01. The van der Waals surface area contributed by atoms with Gasteiger partial charge in [-0.2, -0.15) is 0 Å². The Morgan fingerprint density at radius 3 is 2.33 bits per heavy atom. The highest BCUT2D eigenvalue weighted by molar-refractivity contribution is 6.08. The Morgan fingerprint density at radius 1 is 1.08 bits per heavy atom. The summed E-state index contributed by atoms with van der Waals surface area (Å²) in [4.78, 5) is 17.2. The van der Waals surface area contributed by atoms with Crippen LogP contribution in [0.1, 0.15) is 22.8 Å². The molecule has 4 nitrogen and oxygen atoms in total. The van der Waals surface area contributed by atoms with Crippen LogP contribution in [0.5, 0.6) is 0 Å². The molecule has 0 saturated heterocycles. The summed E-state index contributed by atoms with van der Waals surface area (Å²) >= 11 is 0. The van der Waals surface area contributed by atoms with E-state index in [1.807, 2.05) is 47.4 Å². The lowest BCUT2D eigenvalue weighted by atomic mass is 10.1. The first-order valence-electron chi connectivity index (χ1n) is 8.01. The number of carbonyl (C=O) groups is 1. The molecule has 0 spiro atoms. The molecule has 1 heterocycles. The molecule has 0 bridgehead atoms. The van der Waals surface area contributed by atoms with Gasteiger partial charge in [-0.05, 0) is 35.7 Å². The van der Waals surface area contributed by atoms with Crippen molar-refractivity contribution in [2.75, 3.05) is 29.9 Å². The van der Waals surface area contributed by atoms with E-state index in [9.17, 15) is 4.79 Å². The molecule has 5 heteroatoms. The van der Waals surface area contributed by atoms with Gasteiger partial charge in [0.25, 0.3) is 5.91 Å². The molecular weight excluding hydrogens is 322 g/mol. The zero-order valence-corrected chi connectivity index (χ0v) is 14.9. The first-order chi connectivity index (χ1) is 11.1. The fourth-order valence-corrected chi connectivity index (χ4v) is 3.18. The summed E-state index contributed by atoms with van der Waals surface area (Å²) in [6.07, 6.45) is 0. The third-order valence-electron chi connectivity index (χ3n) is 4.35. The molecule has 1 amide bonds. The SMILES string of the molecule is CC1CN(C)c2ccccc2N(C(=O)c2ccc(CN)cc2)C1.Cl. The number of halogens is 1. The maximum Gasteiger partial charge on any atom is 0.258 e. The second-order valence-electron chi connectivity index (χ2n) is 6.29. The van der Waals surface area contributed by atoms with Gasteiger partial charge in [-0.1, -0.05) is 31.2 Å². The zero-order chi connectivity index (χ0) is 16.4. The van der Waals surface area contributed by atoms with Crippen molar-refractivity contribution in [3.05, 3.63) is 59.7 Å². The van der Waals surface area contributed by atoms with Crippen LogP contribution in [-0.4, -0.2) is 26.0 Å². The molecule has 0 fully saturated rings. The lowest BCUT2D eigenvalue weighted by Crippen LogP contribution is -2.34. The number of carbonyl (C=O) groups excluding carboxylic acids is 1. The minimum atomic E-state index is 0. The van der Waals surface area contributed by atoms with Crippen LogP contribution in [0, 0.1) is 5.92 Å². The molecule has 2 N–H and O–H groups in total. The lowest BCUT2D eigenvalue weighted by molar-refractivity contribution is 0.0984. The molecule has 1 atom stereocenters. The second kappa shape index (κ2) is 7.69. The molecule has 1 aliphatic rings. The standard InChI is InChI=1S/C19H23N3O.ClH/c1-14-12-21(2)17-5-3-4-6-18(17)22(13-14)19(23)16-9-7-15(11-20)8-10-16;/h3-10,14H,11-13,20H2,1-2H3;1H. The van der Waals surface area contributed by atoms with Crippen molar-refractivity contribution in [2.24, 2.45) is 11.7 Å². The number of amides is 1. The average Bonchev–Trinajstić information content (AvgIpc) is 2.71. The van der Waals surface area contributed by atoms with E-state index in [2.05, 4.69) is 24.9 Å². The number of hydrogen-bond acceptors (Lipinski definition) is 3. The van der Waals surface area contributed by atoms with Gasteiger partial charge < -0.3 is 15.5 Å². The molecular formula is C19H24ClN3O. The van der Waals surface area contributed by atoms with Crippen LogP contribution in [0.25, 0.3) is 0 Å². The predicted octanol–water partition coefficient (Wildman–Crippen LogP) is 3.30. The summed E-state index contributed by atoms with van der Waals surface area (Å²) in [5, 5.41) is 0. The zero-order valence-electron chi connectivity index (χ0n) is 14.1. The van der Waals surface area contributed by atoms with Crippen LogP contribution < -0.4 is 15.5 Å². The molecule has 1 aliphatic heterocycles. The van der Waals surface area contributed by atoms with Crippen molar-refractivity contribution in [1.82, 2.24) is 0 Å². The third-order valence-corrected chi connectivity index (χ3v) is 4.35. The first kappa shape index (κ1) is 18.3.